The number of hydrogen-bond donors (Lipinski definition) is 0. The van der Waals surface area contributed by atoms with Gasteiger partial charge in [0.1, 0.15) is 0 Å². The molecule has 3 atom stereocenters. The third-order valence-electron chi connectivity index (χ3n) is 11.1. The maximum absolute atomic E-state index is 2.50. The van der Waals surface area contributed by atoms with Crippen LogP contribution in [0.2, 0.25) is 0 Å². The molecule has 3 unspecified atom stereocenters. The van der Waals surface area contributed by atoms with Crippen molar-refractivity contribution >= 4 is 43.8 Å². The van der Waals surface area contributed by atoms with Gasteiger partial charge in [-0.25, -0.2) is 0 Å². The third kappa shape index (κ3) is 3.43. The first-order chi connectivity index (χ1) is 22.2. The van der Waals surface area contributed by atoms with E-state index < -0.39 is 0 Å². The molecule has 0 N–H and O–H groups in total. The maximum atomic E-state index is 2.50. The molecule has 0 aromatic heterocycles. The molecule has 0 spiro atoms. The quantitative estimate of drug-likeness (QED) is 0.188. The predicted molar refractivity (Wildman–Crippen MR) is 192 cm³/mol. The van der Waals surface area contributed by atoms with Crippen molar-refractivity contribution < 1.29 is 0 Å². The van der Waals surface area contributed by atoms with E-state index in [-0.39, 0.29) is 0 Å². The van der Waals surface area contributed by atoms with E-state index in [1.165, 1.54) is 88.3 Å². The molecular weight excluding hydrogens is 540 g/mol. The van der Waals surface area contributed by atoms with Crippen LogP contribution in [0.1, 0.15) is 65.5 Å². The van der Waals surface area contributed by atoms with E-state index in [0.29, 0.717) is 23.7 Å². The number of fused-ring (bicyclic) bond motifs is 8. The normalized spacial score (nSPS) is 21.8. The molecule has 0 heteroatoms. The predicted octanol–water partition coefficient (Wildman–Crippen LogP) is 11.9. The molecule has 5 aliphatic rings. The molecule has 0 aliphatic heterocycles. The Morgan fingerprint density at radius 1 is 0.578 bits per heavy atom. The molecule has 5 aromatic carbocycles. The zero-order chi connectivity index (χ0) is 29.8. The highest BCUT2D eigenvalue weighted by Crippen LogP contribution is 2.66. The van der Waals surface area contributed by atoms with Crippen molar-refractivity contribution in [3.8, 4) is 11.1 Å². The van der Waals surface area contributed by atoms with Gasteiger partial charge in [0.15, 0.2) is 0 Å². The van der Waals surface area contributed by atoms with Crippen molar-refractivity contribution in [3.05, 3.63) is 167 Å². The largest absolute Gasteiger partial charge is 0.0836 e. The van der Waals surface area contributed by atoms with Crippen molar-refractivity contribution in [2.24, 2.45) is 11.8 Å². The first-order valence-electron chi connectivity index (χ1n) is 16.6. The lowest BCUT2D eigenvalue weighted by atomic mass is 9.71. The third-order valence-corrected chi connectivity index (χ3v) is 11.1. The molecule has 0 bridgehead atoms. The zero-order valence-corrected chi connectivity index (χ0v) is 25.7. The summed E-state index contributed by atoms with van der Waals surface area (Å²) in [4.78, 5) is 0. The molecule has 0 saturated heterocycles. The average Bonchev–Trinajstić information content (AvgIpc) is 3.59. The van der Waals surface area contributed by atoms with Crippen LogP contribution in [0.5, 0.6) is 0 Å². The number of hydrogen-bond acceptors (Lipinski definition) is 0. The fourth-order valence-corrected chi connectivity index (χ4v) is 9.10. The molecule has 5 aliphatic carbocycles. The minimum atomic E-state index is 0.338. The van der Waals surface area contributed by atoms with Gasteiger partial charge in [0, 0.05) is 17.8 Å². The Morgan fingerprint density at radius 3 is 1.98 bits per heavy atom. The molecule has 0 heterocycles. The van der Waals surface area contributed by atoms with Crippen LogP contribution in [-0.4, -0.2) is 0 Å². The van der Waals surface area contributed by atoms with Gasteiger partial charge in [-0.15, -0.1) is 0 Å². The van der Waals surface area contributed by atoms with Gasteiger partial charge in [-0.05, 0) is 113 Å². The minimum absolute atomic E-state index is 0.338. The molecule has 0 fully saturated rings. The highest BCUT2D eigenvalue weighted by Gasteiger charge is 2.49. The molecule has 0 radical (unpaired) electrons. The molecule has 5 aromatic rings. The summed E-state index contributed by atoms with van der Waals surface area (Å²) in [6, 6.07) is 32.3. The summed E-state index contributed by atoms with van der Waals surface area (Å²) < 4.78 is 0. The fraction of sp³-hybridized carbons (Fsp3) is 0.156. The van der Waals surface area contributed by atoms with Gasteiger partial charge in [-0.1, -0.05) is 135 Å². The van der Waals surface area contributed by atoms with E-state index >= 15 is 0 Å². The lowest BCUT2D eigenvalue weighted by Gasteiger charge is -2.31. The van der Waals surface area contributed by atoms with E-state index in [0.717, 1.165) is 6.42 Å². The van der Waals surface area contributed by atoms with Crippen LogP contribution in [0.4, 0.5) is 0 Å². The highest BCUT2D eigenvalue weighted by atomic mass is 14.5. The van der Waals surface area contributed by atoms with Crippen LogP contribution in [0.15, 0.2) is 134 Å². The van der Waals surface area contributed by atoms with Gasteiger partial charge in [0.25, 0.3) is 0 Å². The van der Waals surface area contributed by atoms with E-state index in [1.807, 2.05) is 0 Å². The molecule has 214 valence electrons. The van der Waals surface area contributed by atoms with Gasteiger partial charge in [0.05, 0.1) is 0 Å². The summed E-state index contributed by atoms with van der Waals surface area (Å²) in [6.45, 7) is 4.61. The first kappa shape index (κ1) is 25.4. The van der Waals surface area contributed by atoms with Gasteiger partial charge in [-0.2, -0.15) is 0 Å². The van der Waals surface area contributed by atoms with Crippen LogP contribution in [0.25, 0.3) is 55.0 Å². The second kappa shape index (κ2) is 9.29. The minimum Gasteiger partial charge on any atom is -0.0836 e. The molecule has 0 amide bonds. The lowest BCUT2D eigenvalue weighted by Crippen LogP contribution is -2.18. The summed E-state index contributed by atoms with van der Waals surface area (Å²) in [5.41, 5.74) is 17.5. The van der Waals surface area contributed by atoms with Crippen LogP contribution >= 0.6 is 0 Å². The van der Waals surface area contributed by atoms with Crippen LogP contribution in [0, 0.1) is 11.8 Å². The molecule has 10 rings (SSSR count). The Hall–Kier alpha value is -4.94. The smallest absolute Gasteiger partial charge is 0.0212 e. The fourth-order valence-electron chi connectivity index (χ4n) is 9.10. The van der Waals surface area contributed by atoms with E-state index in [4.69, 9.17) is 0 Å². The summed E-state index contributed by atoms with van der Waals surface area (Å²) in [7, 11) is 0. The average molecular weight is 575 g/mol. The zero-order valence-electron chi connectivity index (χ0n) is 25.7. The van der Waals surface area contributed by atoms with Crippen molar-refractivity contribution in [2.45, 2.75) is 32.1 Å². The van der Waals surface area contributed by atoms with Gasteiger partial charge in [0.2, 0.25) is 0 Å². The Bertz CT molecular complexity index is 2310. The van der Waals surface area contributed by atoms with Crippen molar-refractivity contribution in [3.63, 3.8) is 0 Å². The van der Waals surface area contributed by atoms with Crippen molar-refractivity contribution in [1.29, 1.82) is 0 Å². The van der Waals surface area contributed by atoms with Gasteiger partial charge < -0.3 is 0 Å². The highest BCUT2D eigenvalue weighted by molar-refractivity contribution is 6.18. The number of benzene rings is 5. The maximum Gasteiger partial charge on any atom is 0.0212 e. The van der Waals surface area contributed by atoms with Crippen molar-refractivity contribution in [1.82, 2.24) is 0 Å². The lowest BCUT2D eigenvalue weighted by molar-refractivity contribution is 0.757. The Morgan fingerprint density at radius 2 is 1.24 bits per heavy atom. The second-order valence-electron chi connectivity index (χ2n) is 13.7. The van der Waals surface area contributed by atoms with E-state index in [2.05, 4.69) is 147 Å². The van der Waals surface area contributed by atoms with E-state index in [1.54, 1.807) is 0 Å². The Kier molecular flexibility index (Phi) is 5.24. The van der Waals surface area contributed by atoms with Gasteiger partial charge in [-0.3, -0.25) is 0 Å². The SMILES string of the molecule is CC(C)c1ccc2c(c1)C1=CC=C3c4c(c(C5C=CC=CC5)c5cc6ccccc6cc5c4-c4ccccc4)C4=CC=C2C1C34. The summed E-state index contributed by atoms with van der Waals surface area (Å²) >= 11 is 0. The van der Waals surface area contributed by atoms with Crippen molar-refractivity contribution in [2.75, 3.05) is 0 Å². The Balaban J connectivity index is 1.34. The summed E-state index contributed by atoms with van der Waals surface area (Å²) in [5, 5.41) is 5.38. The first-order valence-corrected chi connectivity index (χ1v) is 16.6. The number of allylic oxidation sites excluding steroid dienone is 12. The van der Waals surface area contributed by atoms with Gasteiger partial charge >= 0.3 is 0 Å². The molecule has 0 nitrogen and oxygen atoms in total. The monoisotopic (exact) mass is 574 g/mol. The standard InChI is InChI=1S/C45H34/c1-26(2)29-17-18-32-33-19-21-35-43-36(22-20-34(42(33)43)37(32)23-29)45-41(28-13-7-4-8-14-28)39-25-31-16-10-9-15-30(31)24-38(39)40(44(35)45)27-11-5-3-6-12-27/h3-11,13-27,42-43H,12H2,1-2H3. The summed E-state index contributed by atoms with van der Waals surface area (Å²) in [6.07, 6.45) is 20.2. The van der Waals surface area contributed by atoms with Crippen LogP contribution in [0.3, 0.4) is 0 Å². The number of rotatable bonds is 3. The summed E-state index contributed by atoms with van der Waals surface area (Å²) in [5.74, 6) is 1.56. The van der Waals surface area contributed by atoms with Crippen LogP contribution < -0.4 is 0 Å². The second-order valence-corrected chi connectivity index (χ2v) is 13.7. The molecule has 45 heavy (non-hydrogen) atoms. The Labute approximate surface area is 265 Å². The molecule has 0 saturated carbocycles. The van der Waals surface area contributed by atoms with E-state index in [9.17, 15) is 0 Å². The topological polar surface area (TPSA) is 0 Å². The molecular formula is C45H34. The van der Waals surface area contributed by atoms with Crippen LogP contribution in [-0.2, 0) is 0 Å².